The van der Waals surface area contributed by atoms with Gasteiger partial charge in [0.1, 0.15) is 0 Å². The monoisotopic (exact) mass is 274 g/mol. The Labute approximate surface area is 107 Å². The molecule has 0 radical (unpaired) electrons. The summed E-state index contributed by atoms with van der Waals surface area (Å²) in [6.07, 6.45) is 4.06. The first-order valence-corrected chi connectivity index (χ1v) is 8.55. The molecular formula is C11H18N2O2S2. The number of nitrogens with one attached hydrogen (secondary N) is 1. The van der Waals surface area contributed by atoms with Crippen molar-refractivity contribution >= 4 is 21.4 Å². The lowest BCUT2D eigenvalue weighted by molar-refractivity contribution is 0.577. The van der Waals surface area contributed by atoms with E-state index in [1.54, 1.807) is 11.3 Å². The molecule has 4 nitrogen and oxygen atoms in total. The maximum absolute atomic E-state index is 11.6. The average molecular weight is 274 g/mol. The molecule has 0 atom stereocenters. The van der Waals surface area contributed by atoms with Gasteiger partial charge in [0.15, 0.2) is 0 Å². The second-order valence-electron chi connectivity index (χ2n) is 4.44. The first-order chi connectivity index (χ1) is 8.11. The SMILES string of the molecule is CCCCS(=O)(=O)NCc1csc(C2CC2)n1. The van der Waals surface area contributed by atoms with Crippen molar-refractivity contribution in [3.05, 3.63) is 16.1 Å². The third-order valence-electron chi connectivity index (χ3n) is 2.74. The summed E-state index contributed by atoms with van der Waals surface area (Å²) in [4.78, 5) is 4.45. The van der Waals surface area contributed by atoms with Gasteiger partial charge in [-0.2, -0.15) is 0 Å². The summed E-state index contributed by atoms with van der Waals surface area (Å²) in [6.45, 7) is 2.31. The van der Waals surface area contributed by atoms with Crippen molar-refractivity contribution in [3.63, 3.8) is 0 Å². The molecule has 0 unspecified atom stereocenters. The summed E-state index contributed by atoms with van der Waals surface area (Å²) in [5, 5.41) is 3.11. The summed E-state index contributed by atoms with van der Waals surface area (Å²) in [5.41, 5.74) is 0.844. The van der Waals surface area contributed by atoms with Gasteiger partial charge in [-0.3, -0.25) is 0 Å². The second kappa shape index (κ2) is 5.46. The Hall–Kier alpha value is -0.460. The van der Waals surface area contributed by atoms with Gasteiger partial charge in [-0.05, 0) is 19.3 Å². The van der Waals surface area contributed by atoms with Crippen LogP contribution in [-0.4, -0.2) is 19.2 Å². The van der Waals surface area contributed by atoms with E-state index in [0.29, 0.717) is 18.9 Å². The molecule has 0 amide bonds. The molecule has 1 aliphatic carbocycles. The summed E-state index contributed by atoms with van der Waals surface area (Å²) < 4.78 is 25.8. The van der Waals surface area contributed by atoms with Crippen molar-refractivity contribution in [2.45, 2.75) is 45.1 Å². The van der Waals surface area contributed by atoms with Crippen molar-refractivity contribution in [2.24, 2.45) is 0 Å². The van der Waals surface area contributed by atoms with Gasteiger partial charge in [0.25, 0.3) is 0 Å². The minimum absolute atomic E-state index is 0.211. The summed E-state index contributed by atoms with van der Waals surface area (Å²) in [6, 6.07) is 0. The molecule has 96 valence electrons. The van der Waals surface area contributed by atoms with Gasteiger partial charge in [-0.1, -0.05) is 13.3 Å². The zero-order chi connectivity index (χ0) is 12.3. The number of hydrogen-bond donors (Lipinski definition) is 1. The quantitative estimate of drug-likeness (QED) is 0.829. The summed E-state index contributed by atoms with van der Waals surface area (Å²) >= 11 is 1.64. The van der Waals surface area contributed by atoms with Gasteiger partial charge in [0.2, 0.25) is 10.0 Å². The number of rotatable bonds is 7. The highest BCUT2D eigenvalue weighted by atomic mass is 32.2. The smallest absolute Gasteiger partial charge is 0.211 e. The van der Waals surface area contributed by atoms with Crippen LogP contribution in [-0.2, 0) is 16.6 Å². The van der Waals surface area contributed by atoms with Gasteiger partial charge in [-0.15, -0.1) is 11.3 Å². The largest absolute Gasteiger partial charge is 0.245 e. The molecule has 0 aliphatic heterocycles. The average Bonchev–Trinajstić information content (AvgIpc) is 3.04. The summed E-state index contributed by atoms with van der Waals surface area (Å²) in [7, 11) is -3.12. The third kappa shape index (κ3) is 4.04. The van der Waals surface area contributed by atoms with Gasteiger partial charge in [0, 0.05) is 11.3 Å². The van der Waals surface area contributed by atoms with E-state index in [9.17, 15) is 8.42 Å². The molecule has 1 aromatic rings. The van der Waals surface area contributed by atoms with Crippen molar-refractivity contribution in [1.29, 1.82) is 0 Å². The standard InChI is InChI=1S/C11H18N2O2S2/c1-2-3-6-17(14,15)12-7-10-8-16-11(13-10)9-4-5-9/h8-9,12H,2-7H2,1H3. The van der Waals surface area contributed by atoms with Gasteiger partial charge < -0.3 is 0 Å². The Bertz CT molecular complexity index is 464. The van der Waals surface area contributed by atoms with E-state index in [1.807, 2.05) is 12.3 Å². The van der Waals surface area contributed by atoms with Crippen LogP contribution in [0.2, 0.25) is 0 Å². The number of unbranched alkanes of at least 4 members (excludes halogenated alkanes) is 1. The highest BCUT2D eigenvalue weighted by Gasteiger charge is 2.26. The van der Waals surface area contributed by atoms with E-state index in [-0.39, 0.29) is 5.75 Å². The molecule has 1 heterocycles. The molecular weight excluding hydrogens is 256 g/mol. The number of thiazole rings is 1. The lowest BCUT2D eigenvalue weighted by Crippen LogP contribution is -2.26. The highest BCUT2D eigenvalue weighted by Crippen LogP contribution is 2.41. The van der Waals surface area contributed by atoms with Crippen LogP contribution in [0.4, 0.5) is 0 Å². The van der Waals surface area contributed by atoms with Crippen LogP contribution in [0.25, 0.3) is 0 Å². The maximum atomic E-state index is 11.6. The third-order valence-corrected chi connectivity index (χ3v) is 5.20. The predicted molar refractivity (Wildman–Crippen MR) is 69.6 cm³/mol. The molecule has 0 saturated heterocycles. The molecule has 2 rings (SSSR count). The highest BCUT2D eigenvalue weighted by molar-refractivity contribution is 7.89. The van der Waals surface area contributed by atoms with Crippen LogP contribution in [0.5, 0.6) is 0 Å². The Morgan fingerprint density at radius 1 is 1.53 bits per heavy atom. The van der Waals surface area contributed by atoms with Crippen molar-refractivity contribution < 1.29 is 8.42 Å². The lowest BCUT2D eigenvalue weighted by atomic mass is 10.4. The van der Waals surface area contributed by atoms with Crippen molar-refractivity contribution in [3.8, 4) is 0 Å². The molecule has 1 aliphatic rings. The molecule has 1 fully saturated rings. The molecule has 6 heteroatoms. The first-order valence-electron chi connectivity index (χ1n) is 6.02. The minimum atomic E-state index is -3.12. The predicted octanol–water partition coefficient (Wildman–Crippen LogP) is 2.24. The van der Waals surface area contributed by atoms with Crippen molar-refractivity contribution in [2.75, 3.05) is 5.75 Å². The fourth-order valence-corrected chi connectivity index (χ4v) is 3.68. The van der Waals surface area contributed by atoms with E-state index in [2.05, 4.69) is 9.71 Å². The second-order valence-corrected chi connectivity index (χ2v) is 7.26. The minimum Gasteiger partial charge on any atom is -0.245 e. The number of hydrogen-bond acceptors (Lipinski definition) is 4. The summed E-state index contributed by atoms with van der Waals surface area (Å²) in [5.74, 6) is 0.855. The lowest BCUT2D eigenvalue weighted by Gasteiger charge is -2.03. The Balaban J connectivity index is 1.83. The molecule has 17 heavy (non-hydrogen) atoms. The Morgan fingerprint density at radius 3 is 2.94 bits per heavy atom. The van der Waals surface area contributed by atoms with Crippen LogP contribution in [0.3, 0.4) is 0 Å². The van der Waals surface area contributed by atoms with E-state index in [4.69, 9.17) is 0 Å². The number of nitrogens with zero attached hydrogens (tertiary/aromatic N) is 1. The Kier molecular flexibility index (Phi) is 4.17. The van der Waals surface area contributed by atoms with Gasteiger partial charge in [-0.25, -0.2) is 18.1 Å². The molecule has 0 spiro atoms. The topological polar surface area (TPSA) is 59.1 Å². The van der Waals surface area contributed by atoms with E-state index >= 15 is 0 Å². The Morgan fingerprint density at radius 2 is 2.29 bits per heavy atom. The van der Waals surface area contributed by atoms with Crippen LogP contribution < -0.4 is 4.72 Å². The molecule has 1 aromatic heterocycles. The fraction of sp³-hybridized carbons (Fsp3) is 0.727. The van der Waals surface area contributed by atoms with Crippen LogP contribution in [0.1, 0.15) is 49.2 Å². The van der Waals surface area contributed by atoms with E-state index in [0.717, 1.165) is 17.1 Å². The molecule has 0 aromatic carbocycles. The van der Waals surface area contributed by atoms with Crippen LogP contribution in [0, 0.1) is 0 Å². The zero-order valence-corrected chi connectivity index (χ0v) is 11.6. The normalized spacial score (nSPS) is 16.3. The maximum Gasteiger partial charge on any atom is 0.211 e. The molecule has 1 saturated carbocycles. The first kappa shape index (κ1) is 13.0. The number of aromatic nitrogens is 1. The van der Waals surface area contributed by atoms with E-state index < -0.39 is 10.0 Å². The van der Waals surface area contributed by atoms with Gasteiger partial charge >= 0.3 is 0 Å². The van der Waals surface area contributed by atoms with Crippen LogP contribution >= 0.6 is 11.3 Å². The van der Waals surface area contributed by atoms with Crippen LogP contribution in [0.15, 0.2) is 5.38 Å². The zero-order valence-electron chi connectivity index (χ0n) is 9.98. The molecule has 1 N–H and O–H groups in total. The number of sulfonamides is 1. The van der Waals surface area contributed by atoms with E-state index in [1.165, 1.54) is 12.8 Å². The fourth-order valence-electron chi connectivity index (χ4n) is 1.51. The van der Waals surface area contributed by atoms with Crippen molar-refractivity contribution in [1.82, 2.24) is 9.71 Å². The molecule has 0 bridgehead atoms. The van der Waals surface area contributed by atoms with Gasteiger partial charge in [0.05, 0.1) is 23.0 Å².